The second kappa shape index (κ2) is 10.3. The third-order valence-corrected chi connectivity index (χ3v) is 5.71. The van der Waals surface area contributed by atoms with Crippen LogP contribution < -0.4 is 16.4 Å². The normalized spacial score (nSPS) is 12.4. The van der Waals surface area contributed by atoms with Gasteiger partial charge in [-0.25, -0.2) is 9.97 Å². The number of carbonyl (C=O) groups excluding carboxylic acids is 1. The third kappa shape index (κ3) is 5.26. The van der Waals surface area contributed by atoms with Gasteiger partial charge in [0, 0.05) is 42.4 Å². The molecule has 0 aliphatic heterocycles. The van der Waals surface area contributed by atoms with Crippen molar-refractivity contribution in [1.29, 1.82) is 0 Å². The highest BCUT2D eigenvalue weighted by atomic mass is 19.4. The molecule has 0 fully saturated rings. The minimum absolute atomic E-state index is 0.104. The molecule has 9 nitrogen and oxygen atoms in total. The zero-order valence-corrected chi connectivity index (χ0v) is 20.2. The van der Waals surface area contributed by atoms with Gasteiger partial charge in [0.2, 0.25) is 0 Å². The predicted molar refractivity (Wildman–Crippen MR) is 133 cm³/mol. The Morgan fingerprint density at radius 2 is 2.08 bits per heavy atom. The lowest BCUT2D eigenvalue weighted by molar-refractivity contribution is -0.141. The molecule has 3 aromatic heterocycles. The van der Waals surface area contributed by atoms with Gasteiger partial charge in [0.25, 0.3) is 5.91 Å². The number of nitrogens with two attached hydrogens (primary N) is 1. The van der Waals surface area contributed by atoms with Crippen molar-refractivity contribution in [1.82, 2.24) is 29.5 Å². The minimum atomic E-state index is -4.68. The molecule has 0 aliphatic carbocycles. The van der Waals surface area contributed by atoms with Crippen LogP contribution in [-0.4, -0.2) is 42.6 Å². The molecule has 1 atom stereocenters. The Balaban J connectivity index is 1.70. The Labute approximate surface area is 210 Å². The van der Waals surface area contributed by atoms with Gasteiger partial charge in [-0.2, -0.15) is 18.3 Å². The van der Waals surface area contributed by atoms with E-state index in [1.54, 1.807) is 12.1 Å². The Morgan fingerprint density at radius 1 is 1.30 bits per heavy atom. The number of halogens is 3. The fourth-order valence-corrected chi connectivity index (χ4v) is 3.88. The maximum Gasteiger partial charge on any atom is 0.435 e. The first-order valence-corrected chi connectivity index (χ1v) is 11.5. The Bertz CT molecular complexity index is 1480. The zero-order valence-electron chi connectivity index (χ0n) is 20.2. The highest BCUT2D eigenvalue weighted by Crippen LogP contribution is 2.37. The van der Waals surface area contributed by atoms with Crippen LogP contribution in [0.4, 0.5) is 24.7 Å². The molecule has 1 amide bonds. The molecule has 1 aromatic carbocycles. The van der Waals surface area contributed by atoms with E-state index in [1.165, 1.54) is 29.2 Å². The van der Waals surface area contributed by atoms with Crippen molar-refractivity contribution in [3.8, 4) is 23.6 Å². The van der Waals surface area contributed by atoms with Gasteiger partial charge in [-0.05, 0) is 37.1 Å². The van der Waals surface area contributed by atoms with Crippen molar-refractivity contribution in [3.05, 3.63) is 59.8 Å². The van der Waals surface area contributed by atoms with Crippen molar-refractivity contribution in [3.63, 3.8) is 0 Å². The number of nitrogens with one attached hydrogen (secondary N) is 2. The second-order valence-corrected chi connectivity index (χ2v) is 8.36. The van der Waals surface area contributed by atoms with Crippen LogP contribution in [0.15, 0.2) is 43.0 Å². The van der Waals surface area contributed by atoms with Crippen molar-refractivity contribution >= 4 is 23.1 Å². The molecule has 12 heteroatoms. The highest BCUT2D eigenvalue weighted by Gasteiger charge is 2.38. The first-order chi connectivity index (χ1) is 17.7. The largest absolute Gasteiger partial charge is 0.435 e. The number of nitrogens with zero attached hydrogens (tertiary/aromatic N) is 5. The van der Waals surface area contributed by atoms with Gasteiger partial charge in [0.15, 0.2) is 17.2 Å². The van der Waals surface area contributed by atoms with Gasteiger partial charge in [-0.3, -0.25) is 13.9 Å². The van der Waals surface area contributed by atoms with Crippen LogP contribution in [0.25, 0.3) is 16.9 Å². The van der Waals surface area contributed by atoms with Crippen LogP contribution in [-0.2, 0) is 19.1 Å². The number of hydrogen-bond donors (Lipinski definition) is 3. The molecule has 4 N–H and O–H groups in total. The highest BCUT2D eigenvalue weighted by molar-refractivity contribution is 5.96. The van der Waals surface area contributed by atoms with E-state index >= 15 is 0 Å². The summed E-state index contributed by atoms with van der Waals surface area (Å²) in [6.07, 6.45) is 6.73. The summed E-state index contributed by atoms with van der Waals surface area (Å²) >= 11 is 0. The monoisotopic (exact) mass is 510 g/mol. The zero-order chi connectivity index (χ0) is 26.7. The SMILES string of the molecule is C#CCn1cc(-c2cnc3c(Nc4ccc(C(=O)NC(C)CN)c(CC)c4)nccn23)c(C(F)(F)F)n1. The van der Waals surface area contributed by atoms with Gasteiger partial charge in [0.1, 0.15) is 6.54 Å². The number of amides is 1. The molecule has 0 radical (unpaired) electrons. The fraction of sp³-hybridized carbons (Fsp3) is 0.280. The average molecular weight is 511 g/mol. The van der Waals surface area contributed by atoms with E-state index in [1.807, 2.05) is 19.9 Å². The standard InChI is InChI=1S/C25H25F3N8O/c1-4-9-35-14-19(21(34-35)25(26,27)28)20-13-31-23-22(30-8-10-36(20)23)33-17-6-7-18(16(5-2)11-17)24(37)32-15(3)12-29/h1,6-8,10-11,13-15H,5,9,12,29H2,2-3H3,(H,30,33)(H,32,37). The summed E-state index contributed by atoms with van der Waals surface area (Å²) in [6, 6.07) is 5.08. The lowest BCUT2D eigenvalue weighted by atomic mass is 10.0. The van der Waals surface area contributed by atoms with E-state index < -0.39 is 11.9 Å². The number of aromatic nitrogens is 5. The number of carbonyl (C=O) groups is 1. The first kappa shape index (κ1) is 25.7. The molecule has 4 rings (SSSR count). The molecule has 0 spiro atoms. The summed E-state index contributed by atoms with van der Waals surface area (Å²) in [4.78, 5) is 21.2. The van der Waals surface area contributed by atoms with Crippen molar-refractivity contribution in [2.45, 2.75) is 39.0 Å². The topological polar surface area (TPSA) is 115 Å². The van der Waals surface area contributed by atoms with Crippen LogP contribution in [0.3, 0.4) is 0 Å². The second-order valence-electron chi connectivity index (χ2n) is 8.36. The number of imidazole rings is 1. The molecule has 37 heavy (non-hydrogen) atoms. The van der Waals surface area contributed by atoms with E-state index in [2.05, 4.69) is 31.6 Å². The van der Waals surface area contributed by atoms with Crippen molar-refractivity contribution in [2.24, 2.45) is 5.73 Å². The molecule has 0 saturated heterocycles. The van der Waals surface area contributed by atoms with Crippen LogP contribution in [0, 0.1) is 12.3 Å². The number of fused-ring (bicyclic) bond motifs is 1. The Kier molecular flexibility index (Phi) is 7.17. The van der Waals surface area contributed by atoms with E-state index in [0.29, 0.717) is 35.7 Å². The molecule has 0 aliphatic rings. The van der Waals surface area contributed by atoms with Crippen LogP contribution >= 0.6 is 0 Å². The Morgan fingerprint density at radius 3 is 2.76 bits per heavy atom. The molecule has 0 saturated carbocycles. The third-order valence-electron chi connectivity index (χ3n) is 5.71. The number of rotatable bonds is 8. The molecular weight excluding hydrogens is 485 g/mol. The number of benzene rings is 1. The summed E-state index contributed by atoms with van der Waals surface area (Å²) < 4.78 is 43.6. The van der Waals surface area contributed by atoms with Crippen molar-refractivity contribution in [2.75, 3.05) is 11.9 Å². The maximum absolute atomic E-state index is 13.7. The lowest BCUT2D eigenvalue weighted by Crippen LogP contribution is -2.38. The number of anilines is 2. The van der Waals surface area contributed by atoms with Gasteiger partial charge < -0.3 is 16.4 Å². The summed E-state index contributed by atoms with van der Waals surface area (Å²) in [5, 5.41) is 9.63. The number of alkyl halides is 3. The maximum atomic E-state index is 13.7. The summed E-state index contributed by atoms with van der Waals surface area (Å²) in [7, 11) is 0. The molecular formula is C25H25F3N8O. The molecule has 1 unspecified atom stereocenters. The van der Waals surface area contributed by atoms with Gasteiger partial charge >= 0.3 is 6.18 Å². The van der Waals surface area contributed by atoms with E-state index in [4.69, 9.17) is 12.2 Å². The molecule has 3 heterocycles. The van der Waals surface area contributed by atoms with E-state index in [0.717, 1.165) is 10.2 Å². The van der Waals surface area contributed by atoms with Crippen LogP contribution in [0.5, 0.6) is 0 Å². The Hall–Kier alpha value is -4.37. The predicted octanol–water partition coefficient (Wildman–Crippen LogP) is 3.63. The lowest BCUT2D eigenvalue weighted by Gasteiger charge is -2.15. The van der Waals surface area contributed by atoms with Gasteiger partial charge in [-0.1, -0.05) is 12.8 Å². The fourth-order valence-electron chi connectivity index (χ4n) is 3.88. The smallest absolute Gasteiger partial charge is 0.348 e. The minimum Gasteiger partial charge on any atom is -0.348 e. The number of hydrogen-bond acceptors (Lipinski definition) is 6. The summed E-state index contributed by atoms with van der Waals surface area (Å²) in [5.74, 6) is 2.40. The number of terminal acetylenes is 1. The number of aryl methyl sites for hydroxylation is 1. The summed E-state index contributed by atoms with van der Waals surface area (Å²) in [5.41, 5.74) is 6.87. The first-order valence-electron chi connectivity index (χ1n) is 11.5. The molecule has 192 valence electrons. The molecule has 0 bridgehead atoms. The van der Waals surface area contributed by atoms with Gasteiger partial charge in [-0.15, -0.1) is 6.42 Å². The molecule has 4 aromatic rings. The van der Waals surface area contributed by atoms with E-state index in [9.17, 15) is 18.0 Å². The van der Waals surface area contributed by atoms with Crippen LogP contribution in [0.2, 0.25) is 0 Å². The average Bonchev–Trinajstić information content (AvgIpc) is 3.49. The summed E-state index contributed by atoms with van der Waals surface area (Å²) in [6.45, 7) is 3.97. The van der Waals surface area contributed by atoms with Crippen molar-refractivity contribution < 1.29 is 18.0 Å². The van der Waals surface area contributed by atoms with Crippen LogP contribution in [0.1, 0.15) is 35.5 Å². The van der Waals surface area contributed by atoms with E-state index in [-0.39, 0.29) is 29.8 Å². The quantitative estimate of drug-likeness (QED) is 0.312. The van der Waals surface area contributed by atoms with Gasteiger partial charge in [0.05, 0.1) is 17.5 Å².